The number of hydrogen-bond donors (Lipinski definition) is 2. The molecule has 0 aromatic rings. The summed E-state index contributed by atoms with van der Waals surface area (Å²) in [5.41, 5.74) is 0. The first kappa shape index (κ1) is 18.1. The van der Waals surface area contributed by atoms with Crippen LogP contribution in [0.25, 0.3) is 0 Å². The van der Waals surface area contributed by atoms with Crippen molar-refractivity contribution < 1.29 is 15.0 Å². The molecule has 0 saturated heterocycles. The van der Waals surface area contributed by atoms with Crippen LogP contribution in [0.2, 0.25) is 0 Å². The number of aliphatic carboxylic acids is 1. The number of carbonyl (C=O) groups is 1. The summed E-state index contributed by atoms with van der Waals surface area (Å²) in [6, 6.07) is 0. The van der Waals surface area contributed by atoms with Gasteiger partial charge in [-0.05, 0) is 13.3 Å². The SMILES string of the molecule is C.CCCCN1C=CN(C)C1.C[C@H](O)C(=O)O. The van der Waals surface area contributed by atoms with Gasteiger partial charge in [0.1, 0.15) is 6.10 Å². The molecule has 1 aliphatic rings. The number of aliphatic hydroxyl groups excluding tert-OH is 1. The van der Waals surface area contributed by atoms with Crippen LogP contribution in [0.4, 0.5) is 0 Å². The zero-order chi connectivity index (χ0) is 12.6. The van der Waals surface area contributed by atoms with Gasteiger partial charge in [0.05, 0.1) is 6.67 Å². The molecular weight excluding hydrogens is 220 g/mol. The molecular formula is C12H26N2O3. The number of hydrogen-bond acceptors (Lipinski definition) is 4. The second kappa shape index (κ2) is 9.96. The van der Waals surface area contributed by atoms with E-state index in [0.717, 1.165) is 6.67 Å². The maximum absolute atomic E-state index is 9.45. The lowest BCUT2D eigenvalue weighted by Crippen LogP contribution is -2.23. The summed E-state index contributed by atoms with van der Waals surface area (Å²) in [6.07, 6.45) is 5.64. The van der Waals surface area contributed by atoms with Crippen molar-refractivity contribution in [1.82, 2.24) is 9.80 Å². The Labute approximate surface area is 104 Å². The minimum absolute atomic E-state index is 0. The van der Waals surface area contributed by atoms with Crippen LogP contribution < -0.4 is 0 Å². The number of carboxylic acids is 1. The van der Waals surface area contributed by atoms with Gasteiger partial charge in [0.25, 0.3) is 0 Å². The van der Waals surface area contributed by atoms with Crippen molar-refractivity contribution in [3.8, 4) is 0 Å². The number of rotatable bonds is 4. The van der Waals surface area contributed by atoms with Crippen molar-refractivity contribution in [2.24, 2.45) is 0 Å². The van der Waals surface area contributed by atoms with Crippen molar-refractivity contribution in [3.63, 3.8) is 0 Å². The zero-order valence-electron chi connectivity index (χ0n) is 10.3. The van der Waals surface area contributed by atoms with Crippen molar-refractivity contribution in [2.75, 3.05) is 20.3 Å². The second-order valence-electron chi connectivity index (χ2n) is 3.88. The van der Waals surface area contributed by atoms with E-state index >= 15 is 0 Å². The molecule has 102 valence electrons. The van der Waals surface area contributed by atoms with Crippen molar-refractivity contribution >= 4 is 5.97 Å². The molecule has 0 bridgehead atoms. The van der Waals surface area contributed by atoms with Crippen LogP contribution >= 0.6 is 0 Å². The quantitative estimate of drug-likeness (QED) is 0.788. The molecule has 2 N–H and O–H groups in total. The fourth-order valence-electron chi connectivity index (χ4n) is 1.10. The Bertz CT molecular complexity index is 230. The van der Waals surface area contributed by atoms with Crippen molar-refractivity contribution in [1.29, 1.82) is 0 Å². The summed E-state index contributed by atoms with van der Waals surface area (Å²) in [5, 5.41) is 15.8. The average molecular weight is 246 g/mol. The van der Waals surface area contributed by atoms with Gasteiger partial charge < -0.3 is 20.0 Å². The molecule has 0 unspecified atom stereocenters. The van der Waals surface area contributed by atoms with E-state index in [1.165, 1.54) is 26.3 Å². The molecule has 0 radical (unpaired) electrons. The van der Waals surface area contributed by atoms with Crippen LogP contribution in [0.1, 0.15) is 34.1 Å². The third kappa shape index (κ3) is 9.68. The third-order valence-corrected chi connectivity index (χ3v) is 2.09. The molecule has 0 aromatic carbocycles. The van der Waals surface area contributed by atoms with E-state index in [4.69, 9.17) is 10.2 Å². The first-order valence-corrected chi connectivity index (χ1v) is 5.50. The Balaban J connectivity index is 0. The predicted molar refractivity (Wildman–Crippen MR) is 69.4 cm³/mol. The van der Waals surface area contributed by atoms with Gasteiger partial charge in [-0.2, -0.15) is 0 Å². The Morgan fingerprint density at radius 3 is 2.29 bits per heavy atom. The monoisotopic (exact) mass is 246 g/mol. The Morgan fingerprint density at radius 2 is 2.00 bits per heavy atom. The third-order valence-electron chi connectivity index (χ3n) is 2.09. The molecule has 1 aliphatic heterocycles. The topological polar surface area (TPSA) is 64.0 Å². The normalized spacial score (nSPS) is 14.8. The minimum atomic E-state index is -1.23. The standard InChI is InChI=1S/C8H16N2.C3H6O3.CH4/c1-3-4-5-10-7-6-9(2)8-10;1-2(4)3(5)6;/h6-7H,3-5,8H2,1-2H3;2,4H,1H3,(H,5,6);1H4/t;2-;/m.0./s1. The van der Waals surface area contributed by atoms with Crippen molar-refractivity contribution in [3.05, 3.63) is 12.4 Å². The molecule has 0 saturated carbocycles. The molecule has 0 amide bonds. The smallest absolute Gasteiger partial charge is 0.332 e. The highest BCUT2D eigenvalue weighted by Crippen LogP contribution is 2.04. The second-order valence-corrected chi connectivity index (χ2v) is 3.88. The molecule has 5 heteroatoms. The summed E-state index contributed by atoms with van der Waals surface area (Å²) < 4.78 is 0. The fraction of sp³-hybridized carbons (Fsp3) is 0.750. The summed E-state index contributed by atoms with van der Waals surface area (Å²) in [4.78, 5) is 14.0. The average Bonchev–Trinajstić information content (AvgIpc) is 2.62. The largest absolute Gasteiger partial charge is 0.479 e. The summed E-state index contributed by atoms with van der Waals surface area (Å²) in [6.45, 7) is 5.70. The van der Waals surface area contributed by atoms with Crippen LogP contribution in [0.5, 0.6) is 0 Å². The summed E-state index contributed by atoms with van der Waals surface area (Å²) >= 11 is 0. The number of unbranched alkanes of at least 4 members (excludes halogenated alkanes) is 1. The molecule has 0 aromatic heterocycles. The Morgan fingerprint density at radius 1 is 1.47 bits per heavy atom. The Kier molecular flexibility index (Phi) is 10.6. The van der Waals surface area contributed by atoms with Crippen molar-refractivity contribution in [2.45, 2.75) is 40.2 Å². The van der Waals surface area contributed by atoms with Crippen LogP contribution in [0.15, 0.2) is 12.4 Å². The summed E-state index contributed by atoms with van der Waals surface area (Å²) in [7, 11) is 2.10. The highest BCUT2D eigenvalue weighted by atomic mass is 16.4. The Hall–Kier alpha value is -1.23. The molecule has 5 nitrogen and oxygen atoms in total. The van der Waals surface area contributed by atoms with Gasteiger partial charge in [0, 0.05) is 26.0 Å². The highest BCUT2D eigenvalue weighted by molar-refractivity contribution is 5.71. The lowest BCUT2D eigenvalue weighted by molar-refractivity contribution is -0.145. The van der Waals surface area contributed by atoms with Gasteiger partial charge >= 0.3 is 5.97 Å². The molecule has 1 rings (SSSR count). The van der Waals surface area contributed by atoms with Gasteiger partial charge in [0.15, 0.2) is 0 Å². The van der Waals surface area contributed by atoms with E-state index in [1.807, 2.05) is 0 Å². The van der Waals surface area contributed by atoms with E-state index in [2.05, 4.69) is 36.2 Å². The van der Waals surface area contributed by atoms with E-state index in [1.54, 1.807) is 0 Å². The molecule has 0 fully saturated rings. The lowest BCUT2D eigenvalue weighted by Gasteiger charge is -2.17. The maximum Gasteiger partial charge on any atom is 0.332 e. The maximum atomic E-state index is 9.45. The fourth-order valence-corrected chi connectivity index (χ4v) is 1.10. The van der Waals surface area contributed by atoms with Gasteiger partial charge in [0.2, 0.25) is 0 Å². The molecule has 1 atom stereocenters. The van der Waals surface area contributed by atoms with E-state index < -0.39 is 12.1 Å². The van der Waals surface area contributed by atoms with Crippen LogP contribution in [0, 0.1) is 0 Å². The first-order valence-electron chi connectivity index (χ1n) is 5.50. The van der Waals surface area contributed by atoms with Crippen LogP contribution in [0.3, 0.4) is 0 Å². The minimum Gasteiger partial charge on any atom is -0.479 e. The van der Waals surface area contributed by atoms with Gasteiger partial charge in [-0.3, -0.25) is 0 Å². The number of carboxylic acid groups (broad SMARTS) is 1. The van der Waals surface area contributed by atoms with Gasteiger partial charge in [-0.15, -0.1) is 0 Å². The van der Waals surface area contributed by atoms with Gasteiger partial charge in [-0.1, -0.05) is 20.8 Å². The molecule has 0 spiro atoms. The zero-order valence-corrected chi connectivity index (χ0v) is 10.3. The number of nitrogens with zero attached hydrogens (tertiary/aromatic N) is 2. The van der Waals surface area contributed by atoms with Crippen LogP contribution in [-0.2, 0) is 4.79 Å². The highest BCUT2D eigenvalue weighted by Gasteiger charge is 2.05. The van der Waals surface area contributed by atoms with E-state index in [9.17, 15) is 4.79 Å². The first-order chi connectivity index (χ1) is 7.47. The van der Waals surface area contributed by atoms with E-state index in [-0.39, 0.29) is 7.43 Å². The lowest BCUT2D eigenvalue weighted by atomic mass is 10.3. The molecule has 17 heavy (non-hydrogen) atoms. The van der Waals surface area contributed by atoms with Crippen LogP contribution in [-0.4, -0.2) is 52.3 Å². The molecule has 0 aliphatic carbocycles. The predicted octanol–water partition coefficient (Wildman–Crippen LogP) is 1.55. The summed E-state index contributed by atoms with van der Waals surface area (Å²) in [5.74, 6) is -1.19. The number of aliphatic hydroxyl groups is 1. The van der Waals surface area contributed by atoms with Gasteiger partial charge in [-0.25, -0.2) is 4.79 Å². The van der Waals surface area contributed by atoms with E-state index in [0.29, 0.717) is 0 Å². The molecule has 1 heterocycles.